The van der Waals surface area contributed by atoms with Crippen LogP contribution in [-0.2, 0) is 16.1 Å². The van der Waals surface area contributed by atoms with Crippen molar-refractivity contribution in [2.45, 2.75) is 32.8 Å². The summed E-state index contributed by atoms with van der Waals surface area (Å²) in [5, 5.41) is 4.64. The first-order valence-electron chi connectivity index (χ1n) is 7.30. The minimum Gasteiger partial charge on any atom is -0.381 e. The van der Waals surface area contributed by atoms with Crippen molar-refractivity contribution in [2.75, 3.05) is 20.3 Å². The fraction of sp³-hybridized carbons (Fsp3) is 0.500. The van der Waals surface area contributed by atoms with Crippen LogP contribution in [0.1, 0.15) is 35.1 Å². The van der Waals surface area contributed by atoms with E-state index < -0.39 is 0 Å². The molecule has 1 aliphatic rings. The molecule has 5 nitrogen and oxygen atoms in total. The lowest BCUT2D eigenvalue weighted by atomic mass is 10.1. The van der Waals surface area contributed by atoms with Crippen molar-refractivity contribution < 1.29 is 9.47 Å². The summed E-state index contributed by atoms with van der Waals surface area (Å²) < 4.78 is 12.7. The lowest BCUT2D eigenvalue weighted by Crippen LogP contribution is -2.10. The van der Waals surface area contributed by atoms with Crippen molar-refractivity contribution in [1.29, 1.82) is 0 Å². The van der Waals surface area contributed by atoms with Crippen molar-refractivity contribution >= 4 is 0 Å². The van der Waals surface area contributed by atoms with Gasteiger partial charge in [0, 0.05) is 19.6 Å². The molecule has 2 aromatic rings. The van der Waals surface area contributed by atoms with Gasteiger partial charge in [-0.3, -0.25) is 0 Å². The zero-order chi connectivity index (χ0) is 14.8. The minimum atomic E-state index is 0.308. The van der Waals surface area contributed by atoms with Crippen LogP contribution < -0.4 is 0 Å². The third-order valence-corrected chi connectivity index (χ3v) is 4.05. The third kappa shape index (κ3) is 2.71. The predicted molar refractivity (Wildman–Crippen MR) is 79.7 cm³/mol. The van der Waals surface area contributed by atoms with E-state index >= 15 is 0 Å². The Bertz CT molecular complexity index is 630. The van der Waals surface area contributed by atoms with Crippen LogP contribution in [0.4, 0.5) is 0 Å². The Balaban J connectivity index is 2.08. The largest absolute Gasteiger partial charge is 0.381 e. The van der Waals surface area contributed by atoms with Gasteiger partial charge in [0.25, 0.3) is 0 Å². The Morgan fingerprint density at radius 1 is 1.38 bits per heavy atom. The molecule has 5 heteroatoms. The molecule has 2 heterocycles. The summed E-state index contributed by atoms with van der Waals surface area (Å²) in [6, 6.07) is 6.27. The molecule has 0 N–H and O–H groups in total. The van der Waals surface area contributed by atoms with Crippen LogP contribution in [0.2, 0.25) is 0 Å². The molecule has 112 valence electrons. The first kappa shape index (κ1) is 14.2. The maximum absolute atomic E-state index is 5.51. The summed E-state index contributed by atoms with van der Waals surface area (Å²) in [6.07, 6.45) is 0.996. The van der Waals surface area contributed by atoms with Crippen molar-refractivity contribution in [2.24, 2.45) is 0 Å². The SMILES string of the molecule is COCc1nc([C@H]2CCOC2)n(-c2cccc(C)c2C)n1. The number of ether oxygens (including phenoxy) is 2. The monoisotopic (exact) mass is 287 g/mol. The van der Waals surface area contributed by atoms with E-state index in [1.807, 2.05) is 4.68 Å². The van der Waals surface area contributed by atoms with Crippen LogP contribution in [0.5, 0.6) is 0 Å². The fourth-order valence-electron chi connectivity index (χ4n) is 2.70. The second-order valence-corrected chi connectivity index (χ2v) is 5.51. The maximum Gasteiger partial charge on any atom is 0.176 e. The second kappa shape index (κ2) is 5.95. The van der Waals surface area contributed by atoms with Gasteiger partial charge in [0.1, 0.15) is 12.4 Å². The third-order valence-electron chi connectivity index (χ3n) is 4.05. The molecule has 21 heavy (non-hydrogen) atoms. The van der Waals surface area contributed by atoms with Crippen LogP contribution in [0.3, 0.4) is 0 Å². The van der Waals surface area contributed by atoms with E-state index in [2.05, 4.69) is 42.1 Å². The molecule has 1 saturated heterocycles. The Labute approximate surface area is 124 Å². The molecule has 0 aliphatic carbocycles. The molecule has 0 amide bonds. The summed E-state index contributed by atoms with van der Waals surface area (Å²) in [5.74, 6) is 2.01. The van der Waals surface area contributed by atoms with Crippen molar-refractivity contribution in [3.63, 3.8) is 0 Å². The quantitative estimate of drug-likeness (QED) is 0.867. The normalized spacial score (nSPS) is 18.3. The van der Waals surface area contributed by atoms with Gasteiger partial charge in [0.2, 0.25) is 0 Å². The van der Waals surface area contributed by atoms with Gasteiger partial charge >= 0.3 is 0 Å². The zero-order valence-electron chi connectivity index (χ0n) is 12.8. The van der Waals surface area contributed by atoms with Crippen LogP contribution in [-0.4, -0.2) is 35.1 Å². The molecule has 1 aliphatic heterocycles. The molecule has 1 atom stereocenters. The van der Waals surface area contributed by atoms with Gasteiger partial charge < -0.3 is 9.47 Å². The molecule has 0 radical (unpaired) electrons. The number of hydrogen-bond donors (Lipinski definition) is 0. The highest BCUT2D eigenvalue weighted by Crippen LogP contribution is 2.27. The van der Waals surface area contributed by atoms with E-state index in [1.54, 1.807) is 7.11 Å². The second-order valence-electron chi connectivity index (χ2n) is 5.51. The molecule has 1 aromatic carbocycles. The van der Waals surface area contributed by atoms with E-state index in [0.29, 0.717) is 12.5 Å². The van der Waals surface area contributed by atoms with Gasteiger partial charge in [0.15, 0.2) is 5.82 Å². The zero-order valence-corrected chi connectivity index (χ0v) is 12.8. The Hall–Kier alpha value is -1.72. The topological polar surface area (TPSA) is 49.2 Å². The van der Waals surface area contributed by atoms with E-state index in [-0.39, 0.29) is 0 Å². The summed E-state index contributed by atoms with van der Waals surface area (Å²) in [5.41, 5.74) is 3.57. The van der Waals surface area contributed by atoms with Gasteiger partial charge in [0.05, 0.1) is 12.3 Å². The molecule has 0 unspecified atom stereocenters. The minimum absolute atomic E-state index is 0.308. The van der Waals surface area contributed by atoms with Gasteiger partial charge in [-0.1, -0.05) is 12.1 Å². The van der Waals surface area contributed by atoms with Crippen molar-refractivity contribution in [3.05, 3.63) is 41.0 Å². The summed E-state index contributed by atoms with van der Waals surface area (Å²) in [7, 11) is 1.66. The van der Waals surface area contributed by atoms with Crippen LogP contribution in [0.25, 0.3) is 5.69 Å². The summed E-state index contributed by atoms with van der Waals surface area (Å²) in [6.45, 7) is 6.18. The number of rotatable bonds is 4. The van der Waals surface area contributed by atoms with Crippen molar-refractivity contribution in [1.82, 2.24) is 14.8 Å². The summed E-state index contributed by atoms with van der Waals surface area (Å²) >= 11 is 0. The van der Waals surface area contributed by atoms with Crippen LogP contribution in [0.15, 0.2) is 18.2 Å². The van der Waals surface area contributed by atoms with E-state index in [4.69, 9.17) is 9.47 Å². The van der Waals surface area contributed by atoms with Gasteiger partial charge in [-0.05, 0) is 37.5 Å². The van der Waals surface area contributed by atoms with E-state index in [0.717, 1.165) is 37.0 Å². The average molecular weight is 287 g/mol. The standard InChI is InChI=1S/C16H21N3O2/c1-11-5-4-6-14(12(11)2)19-16(13-7-8-21-9-13)17-15(18-19)10-20-3/h4-6,13H,7-10H2,1-3H3/t13-/m0/s1. The number of aryl methyl sites for hydroxylation is 1. The molecular formula is C16H21N3O2. The highest BCUT2D eigenvalue weighted by Gasteiger charge is 2.25. The molecule has 0 saturated carbocycles. The fourth-order valence-corrected chi connectivity index (χ4v) is 2.70. The molecule has 3 rings (SSSR count). The average Bonchev–Trinajstić information content (AvgIpc) is 3.11. The van der Waals surface area contributed by atoms with Gasteiger partial charge in [-0.2, -0.15) is 0 Å². The Morgan fingerprint density at radius 3 is 2.95 bits per heavy atom. The molecule has 0 bridgehead atoms. The number of aromatic nitrogens is 3. The first-order chi connectivity index (χ1) is 10.2. The predicted octanol–water partition coefficient (Wildman–Crippen LogP) is 2.53. The number of benzene rings is 1. The smallest absolute Gasteiger partial charge is 0.176 e. The van der Waals surface area contributed by atoms with Gasteiger partial charge in [-0.15, -0.1) is 5.10 Å². The number of methoxy groups -OCH3 is 1. The highest BCUT2D eigenvalue weighted by molar-refractivity contribution is 5.44. The Kier molecular flexibility index (Phi) is 4.03. The molecular weight excluding hydrogens is 266 g/mol. The lowest BCUT2D eigenvalue weighted by Gasteiger charge is -2.13. The van der Waals surface area contributed by atoms with Crippen LogP contribution in [0, 0.1) is 13.8 Å². The molecule has 1 fully saturated rings. The molecule has 0 spiro atoms. The number of hydrogen-bond acceptors (Lipinski definition) is 4. The molecule has 1 aromatic heterocycles. The lowest BCUT2D eigenvalue weighted by molar-refractivity contribution is 0.177. The van der Waals surface area contributed by atoms with Crippen molar-refractivity contribution in [3.8, 4) is 5.69 Å². The van der Waals surface area contributed by atoms with E-state index in [9.17, 15) is 0 Å². The Morgan fingerprint density at radius 2 is 2.24 bits per heavy atom. The first-order valence-corrected chi connectivity index (χ1v) is 7.30. The number of nitrogens with zero attached hydrogens (tertiary/aromatic N) is 3. The van der Waals surface area contributed by atoms with Gasteiger partial charge in [-0.25, -0.2) is 9.67 Å². The van der Waals surface area contributed by atoms with Crippen LogP contribution >= 0.6 is 0 Å². The maximum atomic E-state index is 5.51. The summed E-state index contributed by atoms with van der Waals surface area (Å²) in [4.78, 5) is 4.68. The highest BCUT2D eigenvalue weighted by atomic mass is 16.5. The van der Waals surface area contributed by atoms with E-state index in [1.165, 1.54) is 11.1 Å².